The van der Waals surface area contributed by atoms with Crippen LogP contribution in [0.25, 0.3) is 0 Å². The number of guanidine groups is 1. The summed E-state index contributed by atoms with van der Waals surface area (Å²) in [6, 6.07) is 0. The number of aromatic nitrogens is 2. The molecular weight excluding hydrogens is 465 g/mol. The van der Waals surface area contributed by atoms with E-state index in [2.05, 4.69) is 58.7 Å². The Labute approximate surface area is 175 Å². The Balaban J connectivity index is 0.00000312. The van der Waals surface area contributed by atoms with Crippen molar-refractivity contribution in [2.45, 2.75) is 53.5 Å². The number of hydrogen-bond donors (Lipinski definition) is 2. The van der Waals surface area contributed by atoms with Crippen molar-refractivity contribution in [3.05, 3.63) is 31.7 Å². The molecule has 2 aromatic rings. The quantitative estimate of drug-likeness (QED) is 0.344. The molecule has 25 heavy (non-hydrogen) atoms. The standard InChI is InChI=1S/C17H27N5S2.HI/c1-6-18-17(20-9-15-21-12(4)13(5)24-15)19-8-7-14-10-23-16(22-14)11(2)3;/h10-11H,6-9H2,1-5H3,(H2,18,19,20);1H. The van der Waals surface area contributed by atoms with E-state index in [0.717, 1.165) is 41.9 Å². The Morgan fingerprint density at radius 2 is 2.00 bits per heavy atom. The van der Waals surface area contributed by atoms with Crippen LogP contribution in [0.4, 0.5) is 0 Å². The highest BCUT2D eigenvalue weighted by Gasteiger charge is 2.07. The minimum atomic E-state index is 0. The van der Waals surface area contributed by atoms with Crippen LogP contribution in [0.1, 0.15) is 53.0 Å². The van der Waals surface area contributed by atoms with Gasteiger partial charge < -0.3 is 10.6 Å². The maximum Gasteiger partial charge on any atom is 0.191 e. The van der Waals surface area contributed by atoms with E-state index >= 15 is 0 Å². The first-order valence-corrected chi connectivity index (χ1v) is 10.1. The fraction of sp³-hybridized carbons (Fsp3) is 0.588. The molecule has 8 heteroatoms. The number of aliphatic imine (C=N–C) groups is 1. The van der Waals surface area contributed by atoms with Crippen molar-refractivity contribution in [2.75, 3.05) is 13.1 Å². The minimum absolute atomic E-state index is 0. The Morgan fingerprint density at radius 1 is 1.24 bits per heavy atom. The lowest BCUT2D eigenvalue weighted by atomic mass is 10.2. The highest BCUT2D eigenvalue weighted by Crippen LogP contribution is 2.19. The van der Waals surface area contributed by atoms with Crippen molar-refractivity contribution in [3.8, 4) is 0 Å². The van der Waals surface area contributed by atoms with E-state index in [1.54, 1.807) is 22.7 Å². The van der Waals surface area contributed by atoms with Gasteiger partial charge >= 0.3 is 0 Å². The average Bonchev–Trinajstić information content (AvgIpc) is 3.12. The molecule has 0 atom stereocenters. The first-order chi connectivity index (χ1) is 11.5. The molecule has 0 spiro atoms. The Kier molecular flexibility index (Phi) is 9.88. The van der Waals surface area contributed by atoms with Gasteiger partial charge in [0, 0.05) is 35.7 Å². The SMILES string of the molecule is CCNC(=NCc1nc(C)c(C)s1)NCCc1csc(C(C)C)n1.I. The molecule has 2 heterocycles. The second kappa shape index (κ2) is 11.1. The Bertz CT molecular complexity index is 659. The zero-order valence-corrected chi connectivity index (χ0v) is 19.5. The van der Waals surface area contributed by atoms with Gasteiger partial charge in [-0.05, 0) is 20.8 Å². The van der Waals surface area contributed by atoms with Gasteiger partial charge in [0.15, 0.2) is 5.96 Å². The van der Waals surface area contributed by atoms with Crippen LogP contribution in [0.15, 0.2) is 10.4 Å². The van der Waals surface area contributed by atoms with Crippen molar-refractivity contribution in [3.63, 3.8) is 0 Å². The molecule has 140 valence electrons. The molecule has 0 aliphatic rings. The third kappa shape index (κ3) is 7.18. The van der Waals surface area contributed by atoms with E-state index in [4.69, 9.17) is 0 Å². The van der Waals surface area contributed by atoms with Crippen molar-refractivity contribution >= 4 is 52.6 Å². The molecule has 0 aromatic carbocycles. The molecule has 5 nitrogen and oxygen atoms in total. The van der Waals surface area contributed by atoms with E-state index in [1.807, 2.05) is 6.92 Å². The summed E-state index contributed by atoms with van der Waals surface area (Å²) in [6.07, 6.45) is 0.906. The maximum atomic E-state index is 4.67. The topological polar surface area (TPSA) is 62.2 Å². The van der Waals surface area contributed by atoms with Gasteiger partial charge in [-0.15, -0.1) is 46.7 Å². The monoisotopic (exact) mass is 493 g/mol. The van der Waals surface area contributed by atoms with Crippen LogP contribution >= 0.6 is 46.7 Å². The van der Waals surface area contributed by atoms with Gasteiger partial charge in [0.05, 0.1) is 22.9 Å². The molecule has 0 aliphatic heterocycles. The molecule has 2 aromatic heterocycles. The molecule has 0 radical (unpaired) electrons. The fourth-order valence-corrected chi connectivity index (χ4v) is 3.83. The molecule has 0 saturated carbocycles. The van der Waals surface area contributed by atoms with Gasteiger partial charge in [-0.25, -0.2) is 15.0 Å². The number of nitrogens with zero attached hydrogens (tertiary/aromatic N) is 3. The van der Waals surface area contributed by atoms with E-state index in [9.17, 15) is 0 Å². The molecule has 0 amide bonds. The summed E-state index contributed by atoms with van der Waals surface area (Å²) in [5.74, 6) is 1.34. The number of aryl methyl sites for hydroxylation is 2. The first kappa shape index (κ1) is 22.3. The largest absolute Gasteiger partial charge is 0.357 e. The van der Waals surface area contributed by atoms with Gasteiger partial charge in [-0.3, -0.25) is 0 Å². The number of thiazole rings is 2. The predicted octanol–water partition coefficient (Wildman–Crippen LogP) is 4.26. The van der Waals surface area contributed by atoms with Crippen molar-refractivity contribution in [2.24, 2.45) is 4.99 Å². The zero-order valence-electron chi connectivity index (χ0n) is 15.5. The summed E-state index contributed by atoms with van der Waals surface area (Å²) in [7, 11) is 0. The molecule has 0 unspecified atom stereocenters. The number of nitrogens with one attached hydrogen (secondary N) is 2. The summed E-state index contributed by atoms with van der Waals surface area (Å²) >= 11 is 3.46. The summed E-state index contributed by atoms with van der Waals surface area (Å²) in [5, 5.41) is 11.1. The number of rotatable bonds is 7. The molecule has 0 aliphatic carbocycles. The van der Waals surface area contributed by atoms with Crippen LogP contribution in [-0.4, -0.2) is 29.0 Å². The van der Waals surface area contributed by atoms with Crippen LogP contribution in [0, 0.1) is 13.8 Å². The molecule has 0 bridgehead atoms. The van der Waals surface area contributed by atoms with Crippen LogP contribution in [0.3, 0.4) is 0 Å². The lowest BCUT2D eigenvalue weighted by molar-refractivity contribution is 0.779. The highest BCUT2D eigenvalue weighted by atomic mass is 127. The van der Waals surface area contributed by atoms with Gasteiger partial charge in [0.25, 0.3) is 0 Å². The second-order valence-electron chi connectivity index (χ2n) is 5.95. The lowest BCUT2D eigenvalue weighted by Crippen LogP contribution is -2.38. The van der Waals surface area contributed by atoms with Crippen molar-refractivity contribution < 1.29 is 0 Å². The Morgan fingerprint density at radius 3 is 2.56 bits per heavy atom. The smallest absolute Gasteiger partial charge is 0.191 e. The molecule has 2 N–H and O–H groups in total. The summed E-state index contributed by atoms with van der Waals surface area (Å²) in [5.41, 5.74) is 2.26. The first-order valence-electron chi connectivity index (χ1n) is 8.39. The fourth-order valence-electron chi connectivity index (χ4n) is 2.11. The predicted molar refractivity (Wildman–Crippen MR) is 120 cm³/mol. The molecular formula is C17H28IN5S2. The van der Waals surface area contributed by atoms with E-state index < -0.39 is 0 Å². The number of halogens is 1. The number of hydrogen-bond acceptors (Lipinski definition) is 5. The normalized spacial score (nSPS) is 11.5. The third-order valence-corrected chi connectivity index (χ3v) is 5.78. The Hall–Kier alpha value is -0.740. The summed E-state index contributed by atoms with van der Waals surface area (Å²) in [4.78, 5) is 15.1. The van der Waals surface area contributed by atoms with Crippen LogP contribution in [0.5, 0.6) is 0 Å². The van der Waals surface area contributed by atoms with E-state index in [-0.39, 0.29) is 24.0 Å². The van der Waals surface area contributed by atoms with Gasteiger partial charge in [-0.1, -0.05) is 13.8 Å². The molecule has 0 saturated heterocycles. The van der Waals surface area contributed by atoms with Crippen molar-refractivity contribution in [1.29, 1.82) is 0 Å². The summed E-state index contributed by atoms with van der Waals surface area (Å²) in [6.45, 7) is 12.9. The van der Waals surface area contributed by atoms with Gasteiger partial charge in [0.2, 0.25) is 0 Å². The van der Waals surface area contributed by atoms with E-state index in [0.29, 0.717) is 12.5 Å². The molecule has 2 rings (SSSR count). The summed E-state index contributed by atoms with van der Waals surface area (Å²) < 4.78 is 0. The lowest BCUT2D eigenvalue weighted by Gasteiger charge is -2.10. The van der Waals surface area contributed by atoms with Gasteiger partial charge in [0.1, 0.15) is 5.01 Å². The highest BCUT2D eigenvalue weighted by molar-refractivity contribution is 14.0. The molecule has 0 fully saturated rings. The minimum Gasteiger partial charge on any atom is -0.357 e. The van der Waals surface area contributed by atoms with Crippen LogP contribution in [0.2, 0.25) is 0 Å². The second-order valence-corrected chi connectivity index (χ2v) is 8.13. The third-order valence-electron chi connectivity index (χ3n) is 3.53. The average molecular weight is 493 g/mol. The zero-order chi connectivity index (χ0) is 17.5. The van der Waals surface area contributed by atoms with Crippen molar-refractivity contribution in [1.82, 2.24) is 20.6 Å². The maximum absolute atomic E-state index is 4.67. The van der Waals surface area contributed by atoms with Crippen LogP contribution in [-0.2, 0) is 13.0 Å². The van der Waals surface area contributed by atoms with E-state index in [1.165, 1.54) is 9.88 Å². The van der Waals surface area contributed by atoms with Crippen LogP contribution < -0.4 is 10.6 Å². The van der Waals surface area contributed by atoms with Gasteiger partial charge in [-0.2, -0.15) is 0 Å².